The van der Waals surface area contributed by atoms with Crippen LogP contribution in [0.4, 0.5) is 0 Å². The van der Waals surface area contributed by atoms with E-state index in [4.69, 9.17) is 0 Å². The van der Waals surface area contributed by atoms with E-state index in [1.807, 2.05) is 0 Å². The van der Waals surface area contributed by atoms with Crippen LogP contribution in [-0.4, -0.2) is 29.0 Å². The number of nitrogens with one attached hydrogen (secondary N) is 2. The molecule has 1 aromatic carbocycles. The van der Waals surface area contributed by atoms with Crippen LogP contribution in [0.3, 0.4) is 0 Å². The Kier molecular flexibility index (Phi) is 4.75. The summed E-state index contributed by atoms with van der Waals surface area (Å²) in [6.45, 7) is 5.08. The molecule has 0 heterocycles. The number of aliphatic hydroxyl groups is 1. The van der Waals surface area contributed by atoms with Crippen molar-refractivity contribution in [2.45, 2.75) is 38.0 Å². The first-order chi connectivity index (χ1) is 9.99. The van der Waals surface area contributed by atoms with Crippen molar-refractivity contribution in [1.29, 1.82) is 0 Å². The number of rotatable bonds is 5. The van der Waals surface area contributed by atoms with Crippen molar-refractivity contribution in [2.75, 3.05) is 0 Å². The van der Waals surface area contributed by atoms with Crippen molar-refractivity contribution in [3.05, 3.63) is 48.0 Å². The third kappa shape index (κ3) is 3.92. The molecule has 1 atom stereocenters. The number of amides is 2. The van der Waals surface area contributed by atoms with Crippen LogP contribution in [0.25, 0.3) is 0 Å². The summed E-state index contributed by atoms with van der Waals surface area (Å²) in [4.78, 5) is 23.2. The fourth-order valence-electron chi connectivity index (χ4n) is 2.30. The molecule has 2 amide bonds. The lowest BCUT2D eigenvalue weighted by atomic mass is 9.86. The van der Waals surface area contributed by atoms with Gasteiger partial charge in [0.25, 0.3) is 5.91 Å². The van der Waals surface area contributed by atoms with E-state index in [1.54, 1.807) is 31.2 Å². The number of carbonyl (C=O) groups is 2. The molecule has 0 saturated heterocycles. The van der Waals surface area contributed by atoms with Crippen molar-refractivity contribution in [2.24, 2.45) is 0 Å². The highest BCUT2D eigenvalue weighted by Crippen LogP contribution is 2.20. The third-order valence-electron chi connectivity index (χ3n) is 3.66. The van der Waals surface area contributed by atoms with Crippen LogP contribution < -0.4 is 10.6 Å². The maximum Gasteiger partial charge on any atom is 0.251 e. The Morgan fingerprint density at radius 2 is 1.81 bits per heavy atom. The van der Waals surface area contributed by atoms with Gasteiger partial charge >= 0.3 is 0 Å². The average Bonchev–Trinajstić information content (AvgIpc) is 2.44. The topological polar surface area (TPSA) is 78.4 Å². The Bertz CT molecular complexity index is 531. The van der Waals surface area contributed by atoms with Gasteiger partial charge in [0.2, 0.25) is 5.91 Å². The summed E-state index contributed by atoms with van der Waals surface area (Å²) >= 11 is 0. The van der Waals surface area contributed by atoms with Crippen LogP contribution in [-0.2, 0) is 4.79 Å². The number of aliphatic hydroxyl groups excluding tert-OH is 1. The lowest BCUT2D eigenvalue weighted by Gasteiger charge is -2.36. The summed E-state index contributed by atoms with van der Waals surface area (Å²) in [5.41, 5.74) is 1.35. The molecule has 0 bridgehead atoms. The van der Waals surface area contributed by atoms with Crippen LogP contribution in [0.5, 0.6) is 0 Å². The highest BCUT2D eigenvalue weighted by molar-refractivity contribution is 5.94. The standard InChI is InChI=1S/C16H20N2O3/c1-3-15(20)17-13-8-14(9-13)18-16(21)12-6-4-11(5-7-12)10(2)19/h3-7,10,13-14,19H,1,8-9H2,2H3,(H,17,20)(H,18,21)/t10-,13?,14?/m1/s1. The maximum absolute atomic E-state index is 12.0. The SMILES string of the molecule is C=CC(=O)NC1CC(NC(=O)c2ccc([C@@H](C)O)cc2)C1. The van der Waals surface area contributed by atoms with E-state index in [0.29, 0.717) is 5.56 Å². The third-order valence-corrected chi connectivity index (χ3v) is 3.66. The second kappa shape index (κ2) is 6.54. The smallest absolute Gasteiger partial charge is 0.251 e. The summed E-state index contributed by atoms with van der Waals surface area (Å²) < 4.78 is 0. The Hall–Kier alpha value is -2.14. The summed E-state index contributed by atoms with van der Waals surface area (Å²) in [6.07, 6.45) is 2.17. The van der Waals surface area contributed by atoms with Gasteiger partial charge in [-0.3, -0.25) is 9.59 Å². The lowest BCUT2D eigenvalue weighted by Crippen LogP contribution is -2.53. The zero-order valence-electron chi connectivity index (χ0n) is 12.0. The molecule has 0 spiro atoms. The monoisotopic (exact) mass is 288 g/mol. The summed E-state index contributed by atoms with van der Waals surface area (Å²) in [6, 6.07) is 7.09. The highest BCUT2D eigenvalue weighted by atomic mass is 16.3. The van der Waals surface area contributed by atoms with Gasteiger partial charge in [0, 0.05) is 17.6 Å². The molecule has 0 unspecified atom stereocenters. The van der Waals surface area contributed by atoms with E-state index in [9.17, 15) is 14.7 Å². The molecule has 1 fully saturated rings. The molecule has 3 N–H and O–H groups in total. The lowest BCUT2D eigenvalue weighted by molar-refractivity contribution is -0.117. The van der Waals surface area contributed by atoms with Crippen LogP contribution >= 0.6 is 0 Å². The maximum atomic E-state index is 12.0. The number of benzene rings is 1. The second-order valence-electron chi connectivity index (χ2n) is 5.35. The summed E-state index contributed by atoms with van der Waals surface area (Å²) in [5.74, 6) is -0.316. The van der Waals surface area contributed by atoms with Crippen molar-refractivity contribution >= 4 is 11.8 Å². The average molecular weight is 288 g/mol. The number of carbonyl (C=O) groups excluding carboxylic acids is 2. The van der Waals surface area contributed by atoms with Gasteiger partial charge in [-0.05, 0) is 43.5 Å². The molecule has 0 radical (unpaired) electrons. The predicted octanol–water partition coefficient (Wildman–Crippen LogP) is 1.30. The van der Waals surface area contributed by atoms with Crippen LogP contribution in [0.1, 0.15) is 41.8 Å². The molecule has 2 rings (SSSR count). The second-order valence-corrected chi connectivity index (χ2v) is 5.35. The van der Waals surface area contributed by atoms with E-state index in [-0.39, 0.29) is 23.9 Å². The molecule has 21 heavy (non-hydrogen) atoms. The van der Waals surface area contributed by atoms with E-state index >= 15 is 0 Å². The molecular formula is C16H20N2O3. The minimum absolute atomic E-state index is 0.0871. The van der Waals surface area contributed by atoms with E-state index < -0.39 is 6.10 Å². The number of hydrogen-bond donors (Lipinski definition) is 3. The normalized spacial score (nSPS) is 21.8. The van der Waals surface area contributed by atoms with Gasteiger partial charge in [-0.15, -0.1) is 0 Å². The first-order valence-corrected chi connectivity index (χ1v) is 7.01. The van der Waals surface area contributed by atoms with Crippen LogP contribution in [0.15, 0.2) is 36.9 Å². The van der Waals surface area contributed by atoms with Gasteiger partial charge in [-0.25, -0.2) is 0 Å². The highest BCUT2D eigenvalue weighted by Gasteiger charge is 2.31. The van der Waals surface area contributed by atoms with Gasteiger partial charge in [-0.2, -0.15) is 0 Å². The predicted molar refractivity (Wildman–Crippen MR) is 79.7 cm³/mol. The van der Waals surface area contributed by atoms with Gasteiger partial charge < -0.3 is 15.7 Å². The fraction of sp³-hybridized carbons (Fsp3) is 0.375. The summed E-state index contributed by atoms with van der Waals surface area (Å²) in [7, 11) is 0. The molecule has 0 aromatic heterocycles. The van der Waals surface area contributed by atoms with Crippen molar-refractivity contribution < 1.29 is 14.7 Å². The first kappa shape index (κ1) is 15.3. The van der Waals surface area contributed by atoms with Crippen LogP contribution in [0, 0.1) is 0 Å². The molecule has 5 heteroatoms. The molecule has 1 aliphatic carbocycles. The molecule has 1 aliphatic rings. The minimum atomic E-state index is -0.539. The Balaban J connectivity index is 1.81. The molecular weight excluding hydrogens is 268 g/mol. The van der Waals surface area contributed by atoms with Gasteiger partial charge in [0.1, 0.15) is 0 Å². The van der Waals surface area contributed by atoms with Crippen molar-refractivity contribution in [3.8, 4) is 0 Å². The zero-order chi connectivity index (χ0) is 15.4. The quantitative estimate of drug-likeness (QED) is 0.715. The number of hydrogen-bond acceptors (Lipinski definition) is 3. The van der Waals surface area contributed by atoms with E-state index in [0.717, 1.165) is 18.4 Å². The van der Waals surface area contributed by atoms with Gasteiger partial charge in [0.05, 0.1) is 6.10 Å². The van der Waals surface area contributed by atoms with Gasteiger partial charge in [-0.1, -0.05) is 18.7 Å². The zero-order valence-corrected chi connectivity index (χ0v) is 12.0. The van der Waals surface area contributed by atoms with Crippen LogP contribution in [0.2, 0.25) is 0 Å². The molecule has 1 saturated carbocycles. The van der Waals surface area contributed by atoms with Crippen molar-refractivity contribution in [3.63, 3.8) is 0 Å². The minimum Gasteiger partial charge on any atom is -0.389 e. The largest absolute Gasteiger partial charge is 0.389 e. The first-order valence-electron chi connectivity index (χ1n) is 7.01. The fourth-order valence-corrected chi connectivity index (χ4v) is 2.30. The van der Waals surface area contributed by atoms with Gasteiger partial charge in [0.15, 0.2) is 0 Å². The molecule has 112 valence electrons. The molecule has 5 nitrogen and oxygen atoms in total. The van der Waals surface area contributed by atoms with E-state index in [1.165, 1.54) is 6.08 Å². The molecule has 1 aromatic rings. The van der Waals surface area contributed by atoms with Crippen molar-refractivity contribution in [1.82, 2.24) is 10.6 Å². The summed E-state index contributed by atoms with van der Waals surface area (Å²) in [5, 5.41) is 15.1. The Morgan fingerprint density at radius 1 is 1.24 bits per heavy atom. The molecule has 0 aliphatic heterocycles. The Morgan fingerprint density at radius 3 is 2.33 bits per heavy atom. The van der Waals surface area contributed by atoms with E-state index in [2.05, 4.69) is 17.2 Å². The Labute approximate surface area is 124 Å².